The lowest BCUT2D eigenvalue weighted by Gasteiger charge is -2.15. The van der Waals surface area contributed by atoms with Gasteiger partial charge >= 0.3 is 5.97 Å². The molecule has 0 aliphatic carbocycles. The fraction of sp³-hybridized carbons (Fsp3) is 0.286. The second kappa shape index (κ2) is 7.31. The van der Waals surface area contributed by atoms with E-state index in [0.29, 0.717) is 5.75 Å². The van der Waals surface area contributed by atoms with Crippen molar-refractivity contribution in [1.29, 1.82) is 0 Å². The number of nitrogens with two attached hydrogens (primary N) is 2. The van der Waals surface area contributed by atoms with Crippen LogP contribution in [0.2, 0.25) is 0 Å². The molecule has 0 amide bonds. The molecule has 0 saturated heterocycles. The van der Waals surface area contributed by atoms with Crippen LogP contribution in [-0.4, -0.2) is 42.3 Å². The first-order chi connectivity index (χ1) is 11.5. The van der Waals surface area contributed by atoms with Gasteiger partial charge in [0.2, 0.25) is 17.6 Å². The predicted octanol–water partition coefficient (Wildman–Crippen LogP) is 0.419. The predicted molar refractivity (Wildman–Crippen MR) is 83.9 cm³/mol. The average Bonchev–Trinajstić information content (AvgIpc) is 2.57. The summed E-state index contributed by atoms with van der Waals surface area (Å²) in [5, 5.41) is 0. The molecule has 0 aliphatic heterocycles. The summed E-state index contributed by atoms with van der Waals surface area (Å²) in [5.74, 6) is 0.246. The number of ether oxygens (including phenoxy) is 4. The highest BCUT2D eigenvalue weighted by atomic mass is 16.5. The lowest BCUT2D eigenvalue weighted by molar-refractivity contribution is 0.0457. The van der Waals surface area contributed by atoms with Gasteiger partial charge in [-0.05, 0) is 12.1 Å². The van der Waals surface area contributed by atoms with Crippen molar-refractivity contribution < 1.29 is 23.7 Å². The SMILES string of the molecule is COc1ccc(C(=O)OCc2nc(N)nc(N)n2)c(OC)c1OC. The molecule has 0 aliphatic rings. The number of benzene rings is 1. The quantitative estimate of drug-likeness (QED) is 0.712. The van der Waals surface area contributed by atoms with Gasteiger partial charge in [-0.25, -0.2) is 4.79 Å². The van der Waals surface area contributed by atoms with Crippen molar-refractivity contribution in [2.24, 2.45) is 0 Å². The van der Waals surface area contributed by atoms with E-state index in [0.717, 1.165) is 0 Å². The topological polar surface area (TPSA) is 145 Å². The molecule has 1 aromatic heterocycles. The molecule has 2 rings (SSSR count). The zero-order chi connectivity index (χ0) is 17.7. The van der Waals surface area contributed by atoms with Crippen LogP contribution >= 0.6 is 0 Å². The van der Waals surface area contributed by atoms with E-state index in [4.69, 9.17) is 30.4 Å². The maximum atomic E-state index is 12.3. The summed E-state index contributed by atoms with van der Waals surface area (Å²) in [6.07, 6.45) is 0. The van der Waals surface area contributed by atoms with Gasteiger partial charge in [0, 0.05) is 0 Å². The first-order valence-electron chi connectivity index (χ1n) is 6.72. The van der Waals surface area contributed by atoms with Crippen molar-refractivity contribution in [3.8, 4) is 17.2 Å². The number of rotatable bonds is 6. The minimum atomic E-state index is -0.662. The number of hydrogen-bond donors (Lipinski definition) is 2. The molecule has 0 spiro atoms. The molecule has 24 heavy (non-hydrogen) atoms. The van der Waals surface area contributed by atoms with E-state index in [1.807, 2.05) is 0 Å². The molecular weight excluding hydrogens is 318 g/mol. The molecule has 0 bridgehead atoms. The third-order valence-electron chi connectivity index (χ3n) is 2.97. The van der Waals surface area contributed by atoms with Crippen molar-refractivity contribution in [1.82, 2.24) is 15.0 Å². The van der Waals surface area contributed by atoms with Crippen molar-refractivity contribution in [3.05, 3.63) is 23.5 Å². The number of anilines is 2. The molecule has 10 nitrogen and oxygen atoms in total. The van der Waals surface area contributed by atoms with E-state index in [2.05, 4.69) is 15.0 Å². The Morgan fingerprint density at radius 3 is 2.12 bits per heavy atom. The average molecular weight is 335 g/mol. The van der Waals surface area contributed by atoms with E-state index in [1.54, 1.807) is 6.07 Å². The van der Waals surface area contributed by atoms with Gasteiger partial charge in [0.05, 0.1) is 21.3 Å². The molecule has 0 saturated carbocycles. The Bertz CT molecular complexity index is 732. The van der Waals surface area contributed by atoms with Crippen molar-refractivity contribution in [3.63, 3.8) is 0 Å². The summed E-state index contributed by atoms with van der Waals surface area (Å²) in [7, 11) is 4.32. The van der Waals surface area contributed by atoms with E-state index >= 15 is 0 Å². The van der Waals surface area contributed by atoms with Gasteiger partial charge < -0.3 is 30.4 Å². The number of nitrogen functional groups attached to an aromatic ring is 2. The standard InChI is InChI=1S/C14H17N5O5/c1-21-8-5-4-7(10(22-2)11(8)23-3)12(20)24-6-9-17-13(15)19-14(16)18-9/h4-5H,6H2,1-3H3,(H4,15,16,17,18,19). The van der Waals surface area contributed by atoms with Gasteiger partial charge in [-0.2, -0.15) is 15.0 Å². The molecule has 4 N–H and O–H groups in total. The second-order valence-electron chi connectivity index (χ2n) is 4.43. The highest BCUT2D eigenvalue weighted by Crippen LogP contribution is 2.39. The van der Waals surface area contributed by atoms with Crippen molar-refractivity contribution in [2.75, 3.05) is 32.8 Å². The molecule has 128 valence electrons. The molecule has 1 heterocycles. The lowest BCUT2D eigenvalue weighted by Crippen LogP contribution is -2.12. The number of carbonyl (C=O) groups is 1. The van der Waals surface area contributed by atoms with Gasteiger partial charge in [-0.3, -0.25) is 0 Å². The zero-order valence-corrected chi connectivity index (χ0v) is 13.4. The molecule has 10 heteroatoms. The van der Waals surface area contributed by atoms with Crippen LogP contribution in [0.5, 0.6) is 17.2 Å². The molecule has 2 aromatic rings. The molecule has 1 aromatic carbocycles. The molecular formula is C14H17N5O5. The summed E-state index contributed by atoms with van der Waals surface area (Å²) in [4.78, 5) is 23.6. The smallest absolute Gasteiger partial charge is 0.342 e. The van der Waals surface area contributed by atoms with Crippen LogP contribution in [0.4, 0.5) is 11.9 Å². The van der Waals surface area contributed by atoms with Crippen molar-refractivity contribution in [2.45, 2.75) is 6.61 Å². The van der Waals surface area contributed by atoms with Crippen LogP contribution in [0, 0.1) is 0 Å². The highest BCUT2D eigenvalue weighted by molar-refractivity contribution is 5.94. The summed E-state index contributed by atoms with van der Waals surface area (Å²) in [5.41, 5.74) is 11.1. The first kappa shape index (κ1) is 17.1. The number of carbonyl (C=O) groups excluding carboxylic acids is 1. The largest absolute Gasteiger partial charge is 0.493 e. The molecule has 0 fully saturated rings. The monoisotopic (exact) mass is 335 g/mol. The van der Waals surface area contributed by atoms with Crippen LogP contribution in [-0.2, 0) is 11.3 Å². The van der Waals surface area contributed by atoms with Gasteiger partial charge in [-0.15, -0.1) is 0 Å². The van der Waals surface area contributed by atoms with E-state index < -0.39 is 5.97 Å². The maximum Gasteiger partial charge on any atom is 0.342 e. The van der Waals surface area contributed by atoms with Gasteiger partial charge in [0.15, 0.2) is 23.9 Å². The minimum absolute atomic E-state index is 0.0581. The second-order valence-corrected chi connectivity index (χ2v) is 4.43. The fourth-order valence-corrected chi connectivity index (χ4v) is 1.99. The van der Waals surface area contributed by atoms with Crippen LogP contribution in [0.1, 0.15) is 16.2 Å². The Morgan fingerprint density at radius 1 is 0.958 bits per heavy atom. The summed E-state index contributed by atoms with van der Waals surface area (Å²) in [6, 6.07) is 3.06. The van der Waals surface area contributed by atoms with Crippen LogP contribution in [0.3, 0.4) is 0 Å². The third kappa shape index (κ3) is 3.54. The maximum absolute atomic E-state index is 12.3. The minimum Gasteiger partial charge on any atom is -0.493 e. The number of nitrogens with zero attached hydrogens (tertiary/aromatic N) is 3. The third-order valence-corrected chi connectivity index (χ3v) is 2.97. The van der Waals surface area contributed by atoms with Crippen LogP contribution < -0.4 is 25.7 Å². The Hall–Kier alpha value is -3.30. The van der Waals surface area contributed by atoms with E-state index in [1.165, 1.54) is 27.4 Å². The summed E-state index contributed by atoms with van der Waals surface area (Å²) < 4.78 is 20.8. The van der Waals surface area contributed by atoms with Gasteiger partial charge in [0.25, 0.3) is 0 Å². The Labute approximate surface area is 137 Å². The summed E-state index contributed by atoms with van der Waals surface area (Å²) >= 11 is 0. The first-order valence-corrected chi connectivity index (χ1v) is 6.72. The summed E-state index contributed by atoms with van der Waals surface area (Å²) in [6.45, 7) is -0.229. The number of esters is 1. The van der Waals surface area contributed by atoms with Gasteiger partial charge in [-0.1, -0.05) is 0 Å². The number of aromatic nitrogens is 3. The van der Waals surface area contributed by atoms with E-state index in [9.17, 15) is 4.79 Å². The number of methoxy groups -OCH3 is 3. The van der Waals surface area contributed by atoms with Crippen molar-refractivity contribution >= 4 is 17.9 Å². The lowest BCUT2D eigenvalue weighted by atomic mass is 10.1. The van der Waals surface area contributed by atoms with E-state index in [-0.39, 0.29) is 41.4 Å². The Balaban J connectivity index is 2.23. The normalized spacial score (nSPS) is 10.1. The Morgan fingerprint density at radius 2 is 1.58 bits per heavy atom. The Kier molecular flexibility index (Phi) is 5.20. The number of hydrogen-bond acceptors (Lipinski definition) is 10. The molecule has 0 atom stereocenters. The van der Waals surface area contributed by atoms with Crippen LogP contribution in [0.25, 0.3) is 0 Å². The fourth-order valence-electron chi connectivity index (χ4n) is 1.99. The zero-order valence-electron chi connectivity index (χ0n) is 13.4. The highest BCUT2D eigenvalue weighted by Gasteiger charge is 2.22. The molecule has 0 radical (unpaired) electrons. The van der Waals surface area contributed by atoms with Gasteiger partial charge in [0.1, 0.15) is 5.56 Å². The van der Waals surface area contributed by atoms with Crippen LogP contribution in [0.15, 0.2) is 12.1 Å². The molecule has 0 unspecified atom stereocenters.